The smallest absolute Gasteiger partial charge is 0.148 e. The Bertz CT molecular complexity index is 832. The number of aromatic nitrogens is 2. The second-order valence-corrected chi connectivity index (χ2v) is 6.43. The molecule has 0 amide bonds. The highest BCUT2D eigenvalue weighted by Crippen LogP contribution is 2.21. The summed E-state index contributed by atoms with van der Waals surface area (Å²) in [6, 6.07) is 13.8. The lowest BCUT2D eigenvalue weighted by atomic mass is 10.1. The second-order valence-electron chi connectivity index (χ2n) is 6.43. The summed E-state index contributed by atoms with van der Waals surface area (Å²) >= 11 is 0. The van der Waals surface area contributed by atoms with Crippen LogP contribution in [0.2, 0.25) is 0 Å². The van der Waals surface area contributed by atoms with Gasteiger partial charge in [0.05, 0.1) is 5.69 Å². The normalized spacial score (nSPS) is 16.0. The van der Waals surface area contributed by atoms with Crippen LogP contribution in [0.4, 0.5) is 10.1 Å². The quantitative estimate of drug-likeness (QED) is 0.802. The third-order valence-corrected chi connectivity index (χ3v) is 4.77. The maximum absolute atomic E-state index is 13.8. The van der Waals surface area contributed by atoms with Gasteiger partial charge in [-0.15, -0.1) is 0 Å². The number of hydrogen-bond acceptors (Lipinski definition) is 3. The minimum absolute atomic E-state index is 0.240. The summed E-state index contributed by atoms with van der Waals surface area (Å²) in [5.74, 6) is -0.240. The Balaban J connectivity index is 1.42. The van der Waals surface area contributed by atoms with Gasteiger partial charge < -0.3 is 4.90 Å². The number of aromatic amines is 1. The number of H-pyrrole nitrogens is 1. The van der Waals surface area contributed by atoms with Crippen LogP contribution in [0.25, 0.3) is 10.9 Å². The van der Waals surface area contributed by atoms with Crippen molar-refractivity contribution in [3.05, 3.63) is 59.5 Å². The molecule has 4 rings (SSSR count). The third-order valence-electron chi connectivity index (χ3n) is 4.77. The summed E-state index contributed by atoms with van der Waals surface area (Å²) in [4.78, 5) is 4.80. The number of rotatable bonds is 3. The van der Waals surface area contributed by atoms with Gasteiger partial charge in [0.25, 0.3) is 0 Å². The lowest BCUT2D eigenvalue weighted by Gasteiger charge is -2.35. The number of aryl methyl sites for hydroxylation is 1. The number of nitrogens with zero attached hydrogens (tertiary/aromatic N) is 3. The molecule has 0 bridgehead atoms. The first-order valence-corrected chi connectivity index (χ1v) is 8.36. The van der Waals surface area contributed by atoms with E-state index in [0.29, 0.717) is 5.52 Å². The van der Waals surface area contributed by atoms with Gasteiger partial charge >= 0.3 is 0 Å². The monoisotopic (exact) mass is 324 g/mol. The maximum atomic E-state index is 13.8. The average Bonchev–Trinajstić information content (AvgIpc) is 3.01. The first-order valence-electron chi connectivity index (χ1n) is 8.36. The van der Waals surface area contributed by atoms with Crippen molar-refractivity contribution < 1.29 is 4.39 Å². The minimum atomic E-state index is -0.240. The van der Waals surface area contributed by atoms with E-state index in [-0.39, 0.29) is 5.82 Å². The molecule has 124 valence electrons. The van der Waals surface area contributed by atoms with Gasteiger partial charge in [-0.3, -0.25) is 10.00 Å². The van der Waals surface area contributed by atoms with Crippen molar-refractivity contribution in [2.24, 2.45) is 0 Å². The van der Waals surface area contributed by atoms with Crippen molar-refractivity contribution in [2.75, 3.05) is 31.1 Å². The molecule has 1 fully saturated rings. The Morgan fingerprint density at radius 3 is 2.54 bits per heavy atom. The maximum Gasteiger partial charge on any atom is 0.148 e. The van der Waals surface area contributed by atoms with Crippen molar-refractivity contribution in [1.29, 1.82) is 0 Å². The van der Waals surface area contributed by atoms with Gasteiger partial charge in [0.2, 0.25) is 0 Å². The number of piperazine rings is 1. The van der Waals surface area contributed by atoms with Crippen molar-refractivity contribution in [2.45, 2.75) is 13.5 Å². The summed E-state index contributed by atoms with van der Waals surface area (Å²) in [6.07, 6.45) is 0. The Kier molecular flexibility index (Phi) is 3.94. The van der Waals surface area contributed by atoms with E-state index in [1.807, 2.05) is 6.07 Å². The fourth-order valence-corrected chi connectivity index (χ4v) is 3.31. The first kappa shape index (κ1) is 15.1. The van der Waals surface area contributed by atoms with Gasteiger partial charge in [-0.2, -0.15) is 5.10 Å². The Labute approximate surface area is 140 Å². The molecule has 3 aromatic rings. The Hall–Kier alpha value is -2.40. The highest BCUT2D eigenvalue weighted by Gasteiger charge is 2.19. The highest BCUT2D eigenvalue weighted by atomic mass is 19.1. The van der Waals surface area contributed by atoms with Gasteiger partial charge in [0, 0.05) is 43.8 Å². The van der Waals surface area contributed by atoms with Gasteiger partial charge in [0.15, 0.2) is 0 Å². The van der Waals surface area contributed by atoms with E-state index in [1.165, 1.54) is 17.3 Å². The molecular formula is C19H21FN4. The minimum Gasteiger partial charge on any atom is -0.369 e. The first-order chi connectivity index (χ1) is 11.7. The van der Waals surface area contributed by atoms with E-state index >= 15 is 0 Å². The van der Waals surface area contributed by atoms with Crippen molar-refractivity contribution >= 4 is 16.6 Å². The summed E-state index contributed by atoms with van der Waals surface area (Å²) in [6.45, 7) is 6.83. The molecule has 0 unspecified atom stereocenters. The number of fused-ring (bicyclic) bond motifs is 1. The van der Waals surface area contributed by atoms with Gasteiger partial charge in [-0.05, 0) is 25.1 Å². The summed E-state index contributed by atoms with van der Waals surface area (Å²) in [7, 11) is 0. The fourth-order valence-electron chi connectivity index (χ4n) is 3.31. The van der Waals surface area contributed by atoms with Gasteiger partial charge in [-0.25, -0.2) is 4.39 Å². The van der Waals surface area contributed by atoms with E-state index in [4.69, 9.17) is 0 Å². The zero-order valence-electron chi connectivity index (χ0n) is 13.8. The molecule has 0 atom stereocenters. The largest absolute Gasteiger partial charge is 0.369 e. The lowest BCUT2D eigenvalue weighted by Crippen LogP contribution is -2.46. The number of benzene rings is 2. The molecular weight excluding hydrogens is 303 g/mol. The fraction of sp³-hybridized carbons (Fsp3) is 0.316. The molecule has 4 nitrogen and oxygen atoms in total. The second kappa shape index (κ2) is 6.24. The predicted octanol–water partition coefficient (Wildman–Crippen LogP) is 3.33. The number of halogens is 1. The highest BCUT2D eigenvalue weighted by molar-refractivity contribution is 5.81. The molecule has 2 heterocycles. The predicted molar refractivity (Wildman–Crippen MR) is 94.7 cm³/mol. The lowest BCUT2D eigenvalue weighted by molar-refractivity contribution is 0.248. The van der Waals surface area contributed by atoms with E-state index in [9.17, 15) is 4.39 Å². The Morgan fingerprint density at radius 2 is 1.79 bits per heavy atom. The molecule has 24 heavy (non-hydrogen) atoms. The summed E-state index contributed by atoms with van der Waals surface area (Å²) in [5.41, 5.74) is 4.00. The topological polar surface area (TPSA) is 35.2 Å². The van der Waals surface area contributed by atoms with E-state index in [2.05, 4.69) is 51.2 Å². The zero-order valence-corrected chi connectivity index (χ0v) is 13.8. The van der Waals surface area contributed by atoms with Crippen LogP contribution >= 0.6 is 0 Å². The van der Waals surface area contributed by atoms with E-state index < -0.39 is 0 Å². The molecule has 0 aliphatic carbocycles. The van der Waals surface area contributed by atoms with Crippen LogP contribution in [-0.4, -0.2) is 41.3 Å². The average molecular weight is 324 g/mol. The van der Waals surface area contributed by atoms with E-state index in [0.717, 1.165) is 43.8 Å². The number of hydrogen-bond donors (Lipinski definition) is 1. The number of anilines is 1. The standard InChI is InChI=1S/C19H21FN4/c1-14-5-7-15(8-6-14)24-11-9-23(10-12-24)13-18-16-3-2-4-17(20)19(16)22-21-18/h2-8H,9-13H2,1H3,(H,21,22). The molecule has 1 aliphatic heterocycles. The Morgan fingerprint density at radius 1 is 1.04 bits per heavy atom. The van der Waals surface area contributed by atoms with Crippen LogP contribution in [0.3, 0.4) is 0 Å². The molecule has 1 saturated heterocycles. The van der Waals surface area contributed by atoms with Crippen molar-refractivity contribution in [3.63, 3.8) is 0 Å². The molecule has 1 aliphatic rings. The molecule has 2 aromatic carbocycles. The van der Waals surface area contributed by atoms with Crippen LogP contribution in [0, 0.1) is 12.7 Å². The summed E-state index contributed by atoms with van der Waals surface area (Å²) in [5, 5.41) is 8.03. The number of para-hydroxylation sites is 1. The third kappa shape index (κ3) is 2.87. The van der Waals surface area contributed by atoms with Crippen LogP contribution in [0.15, 0.2) is 42.5 Å². The summed E-state index contributed by atoms with van der Waals surface area (Å²) < 4.78 is 13.8. The molecule has 0 saturated carbocycles. The van der Waals surface area contributed by atoms with Crippen LogP contribution in [0.1, 0.15) is 11.3 Å². The van der Waals surface area contributed by atoms with E-state index in [1.54, 1.807) is 6.07 Å². The SMILES string of the molecule is Cc1ccc(N2CCN(Cc3n[nH]c4c(F)cccc34)CC2)cc1. The van der Waals surface area contributed by atoms with Crippen LogP contribution in [-0.2, 0) is 6.54 Å². The van der Waals surface area contributed by atoms with Crippen molar-refractivity contribution in [1.82, 2.24) is 15.1 Å². The molecule has 5 heteroatoms. The molecule has 1 aromatic heterocycles. The molecule has 0 radical (unpaired) electrons. The molecule has 1 N–H and O–H groups in total. The van der Waals surface area contributed by atoms with Gasteiger partial charge in [0.1, 0.15) is 11.3 Å². The van der Waals surface area contributed by atoms with Crippen LogP contribution < -0.4 is 4.90 Å². The zero-order chi connectivity index (χ0) is 16.5. The molecule has 0 spiro atoms. The van der Waals surface area contributed by atoms with Crippen LogP contribution in [0.5, 0.6) is 0 Å². The van der Waals surface area contributed by atoms with Gasteiger partial charge in [-0.1, -0.05) is 29.8 Å². The number of nitrogens with one attached hydrogen (secondary N) is 1. The van der Waals surface area contributed by atoms with Crippen molar-refractivity contribution in [3.8, 4) is 0 Å².